The average Bonchev–Trinajstić information content (AvgIpc) is 2.90. The standard InChI is InChI=1S/C19H20N2O2/c1-13-11-15(14-7-5-4-6-8-14)12-16-19(13)20-17(21(16)2)9-10-18(22)23-3/h4-8,11-12H,9-10H2,1-3H3. The number of carbonyl (C=O) groups is 1. The number of fused-ring (bicyclic) bond motifs is 1. The summed E-state index contributed by atoms with van der Waals surface area (Å²) in [7, 11) is 3.41. The molecule has 3 aromatic rings. The minimum absolute atomic E-state index is 0.209. The Balaban J connectivity index is 2.03. The molecule has 0 atom stereocenters. The maximum absolute atomic E-state index is 11.4. The largest absolute Gasteiger partial charge is 0.469 e. The summed E-state index contributed by atoms with van der Waals surface area (Å²) in [6.07, 6.45) is 0.927. The molecule has 0 spiro atoms. The second-order valence-corrected chi connectivity index (χ2v) is 5.69. The first kappa shape index (κ1) is 15.3. The molecule has 0 fully saturated rings. The molecule has 0 aliphatic carbocycles. The van der Waals surface area contributed by atoms with Gasteiger partial charge < -0.3 is 9.30 Å². The molecule has 0 saturated carbocycles. The SMILES string of the molecule is COC(=O)CCc1nc2c(C)cc(-c3ccccc3)cc2n1C. The van der Waals surface area contributed by atoms with E-state index in [1.807, 2.05) is 25.2 Å². The first-order valence-electron chi connectivity index (χ1n) is 7.68. The highest BCUT2D eigenvalue weighted by Gasteiger charge is 2.13. The van der Waals surface area contributed by atoms with E-state index < -0.39 is 0 Å². The number of rotatable bonds is 4. The van der Waals surface area contributed by atoms with Crippen molar-refractivity contribution in [3.05, 3.63) is 53.9 Å². The van der Waals surface area contributed by atoms with Gasteiger partial charge >= 0.3 is 5.97 Å². The fourth-order valence-corrected chi connectivity index (χ4v) is 2.84. The van der Waals surface area contributed by atoms with Gasteiger partial charge in [-0.2, -0.15) is 0 Å². The normalized spacial score (nSPS) is 10.9. The maximum Gasteiger partial charge on any atom is 0.305 e. The summed E-state index contributed by atoms with van der Waals surface area (Å²) in [6.45, 7) is 2.08. The summed E-state index contributed by atoms with van der Waals surface area (Å²) in [6, 6.07) is 14.6. The van der Waals surface area contributed by atoms with Crippen molar-refractivity contribution in [1.82, 2.24) is 9.55 Å². The molecule has 1 heterocycles. The average molecular weight is 308 g/mol. The van der Waals surface area contributed by atoms with E-state index in [-0.39, 0.29) is 5.97 Å². The Hall–Kier alpha value is -2.62. The van der Waals surface area contributed by atoms with Crippen LogP contribution >= 0.6 is 0 Å². The highest BCUT2D eigenvalue weighted by atomic mass is 16.5. The van der Waals surface area contributed by atoms with E-state index in [4.69, 9.17) is 9.72 Å². The molecular weight excluding hydrogens is 288 g/mol. The molecule has 0 N–H and O–H groups in total. The van der Waals surface area contributed by atoms with Gasteiger partial charge in [0.15, 0.2) is 0 Å². The summed E-state index contributed by atoms with van der Waals surface area (Å²) in [5.74, 6) is 0.692. The van der Waals surface area contributed by atoms with Crippen molar-refractivity contribution in [1.29, 1.82) is 0 Å². The van der Waals surface area contributed by atoms with Crippen LogP contribution in [0.2, 0.25) is 0 Å². The van der Waals surface area contributed by atoms with Crippen LogP contribution in [0.1, 0.15) is 17.8 Å². The number of aryl methyl sites for hydroxylation is 3. The maximum atomic E-state index is 11.4. The first-order chi connectivity index (χ1) is 11.1. The third-order valence-corrected chi connectivity index (χ3v) is 4.16. The Morgan fingerprint density at radius 3 is 2.61 bits per heavy atom. The number of hydrogen-bond acceptors (Lipinski definition) is 3. The lowest BCUT2D eigenvalue weighted by Gasteiger charge is -2.06. The number of imidazole rings is 1. The summed E-state index contributed by atoms with van der Waals surface area (Å²) in [4.78, 5) is 16.1. The second kappa shape index (κ2) is 6.24. The van der Waals surface area contributed by atoms with Crippen LogP contribution in [-0.2, 0) is 23.0 Å². The monoisotopic (exact) mass is 308 g/mol. The summed E-state index contributed by atoms with van der Waals surface area (Å²) in [5, 5.41) is 0. The van der Waals surface area contributed by atoms with Crippen molar-refractivity contribution < 1.29 is 9.53 Å². The van der Waals surface area contributed by atoms with E-state index >= 15 is 0 Å². The Morgan fingerprint density at radius 2 is 1.91 bits per heavy atom. The zero-order chi connectivity index (χ0) is 16.4. The van der Waals surface area contributed by atoms with Crippen molar-refractivity contribution >= 4 is 17.0 Å². The molecular formula is C19H20N2O2. The Morgan fingerprint density at radius 1 is 1.17 bits per heavy atom. The van der Waals surface area contributed by atoms with Crippen LogP contribution in [0.3, 0.4) is 0 Å². The van der Waals surface area contributed by atoms with Gasteiger partial charge in [-0.15, -0.1) is 0 Å². The van der Waals surface area contributed by atoms with Crippen LogP contribution in [0.5, 0.6) is 0 Å². The van der Waals surface area contributed by atoms with E-state index in [0.29, 0.717) is 12.8 Å². The zero-order valence-electron chi connectivity index (χ0n) is 13.7. The molecule has 4 heteroatoms. The van der Waals surface area contributed by atoms with Gasteiger partial charge in [0, 0.05) is 13.5 Å². The van der Waals surface area contributed by atoms with Gasteiger partial charge in [0.1, 0.15) is 5.82 Å². The molecule has 23 heavy (non-hydrogen) atoms. The molecule has 0 bridgehead atoms. The topological polar surface area (TPSA) is 44.1 Å². The van der Waals surface area contributed by atoms with Gasteiger partial charge in [0.2, 0.25) is 0 Å². The van der Waals surface area contributed by atoms with Gasteiger partial charge in [0.25, 0.3) is 0 Å². The van der Waals surface area contributed by atoms with Crippen molar-refractivity contribution in [2.75, 3.05) is 7.11 Å². The summed E-state index contributed by atoms with van der Waals surface area (Å²) >= 11 is 0. The van der Waals surface area contributed by atoms with Gasteiger partial charge in [-0.1, -0.05) is 30.3 Å². The van der Waals surface area contributed by atoms with Crippen LogP contribution in [0.15, 0.2) is 42.5 Å². The lowest BCUT2D eigenvalue weighted by atomic mass is 10.0. The Kier molecular flexibility index (Phi) is 4.15. The van der Waals surface area contributed by atoms with Gasteiger partial charge in [-0.3, -0.25) is 4.79 Å². The Labute approximate surface area is 135 Å². The molecule has 0 saturated heterocycles. The quantitative estimate of drug-likeness (QED) is 0.691. The van der Waals surface area contributed by atoms with Gasteiger partial charge in [-0.25, -0.2) is 4.98 Å². The van der Waals surface area contributed by atoms with Crippen molar-refractivity contribution in [2.45, 2.75) is 19.8 Å². The first-order valence-corrected chi connectivity index (χ1v) is 7.68. The number of aromatic nitrogens is 2. The fourth-order valence-electron chi connectivity index (χ4n) is 2.84. The van der Waals surface area contributed by atoms with E-state index in [9.17, 15) is 4.79 Å². The van der Waals surface area contributed by atoms with E-state index in [0.717, 1.165) is 22.4 Å². The number of nitrogens with zero attached hydrogens (tertiary/aromatic N) is 2. The van der Waals surface area contributed by atoms with E-state index in [1.54, 1.807) is 0 Å². The highest BCUT2D eigenvalue weighted by Crippen LogP contribution is 2.27. The van der Waals surface area contributed by atoms with Crippen molar-refractivity contribution in [2.24, 2.45) is 7.05 Å². The Bertz CT molecular complexity index is 851. The minimum Gasteiger partial charge on any atom is -0.469 e. The third kappa shape index (κ3) is 2.97. The van der Waals surface area contributed by atoms with E-state index in [2.05, 4.69) is 35.8 Å². The molecule has 2 aromatic carbocycles. The van der Waals surface area contributed by atoms with Crippen molar-refractivity contribution in [3.63, 3.8) is 0 Å². The number of benzene rings is 2. The van der Waals surface area contributed by atoms with Crippen LogP contribution in [0, 0.1) is 6.92 Å². The molecule has 3 rings (SSSR count). The molecule has 4 nitrogen and oxygen atoms in total. The van der Waals surface area contributed by atoms with Crippen molar-refractivity contribution in [3.8, 4) is 11.1 Å². The lowest BCUT2D eigenvalue weighted by Crippen LogP contribution is -2.05. The smallest absolute Gasteiger partial charge is 0.305 e. The minimum atomic E-state index is -0.209. The predicted octanol–water partition coefficient (Wildman–Crippen LogP) is 3.65. The number of hydrogen-bond donors (Lipinski definition) is 0. The van der Waals surface area contributed by atoms with Crippen LogP contribution < -0.4 is 0 Å². The second-order valence-electron chi connectivity index (χ2n) is 5.69. The fraction of sp³-hybridized carbons (Fsp3) is 0.263. The van der Waals surface area contributed by atoms with Crippen LogP contribution in [-0.4, -0.2) is 22.6 Å². The molecule has 0 amide bonds. The molecule has 0 unspecified atom stereocenters. The lowest BCUT2D eigenvalue weighted by molar-refractivity contribution is -0.140. The van der Waals surface area contributed by atoms with Crippen LogP contribution in [0.25, 0.3) is 22.2 Å². The zero-order valence-corrected chi connectivity index (χ0v) is 13.7. The number of esters is 1. The number of ether oxygens (including phenoxy) is 1. The number of methoxy groups -OCH3 is 1. The molecule has 118 valence electrons. The van der Waals surface area contributed by atoms with E-state index in [1.165, 1.54) is 18.2 Å². The highest BCUT2D eigenvalue weighted by molar-refractivity contribution is 5.85. The summed E-state index contributed by atoms with van der Waals surface area (Å²) in [5.41, 5.74) is 5.59. The molecule has 0 radical (unpaired) electrons. The van der Waals surface area contributed by atoms with Crippen LogP contribution in [0.4, 0.5) is 0 Å². The molecule has 0 aliphatic rings. The third-order valence-electron chi connectivity index (χ3n) is 4.16. The predicted molar refractivity (Wildman–Crippen MR) is 91.2 cm³/mol. The summed E-state index contributed by atoms with van der Waals surface area (Å²) < 4.78 is 6.78. The molecule has 0 aliphatic heterocycles. The molecule has 1 aromatic heterocycles. The van der Waals surface area contributed by atoms with Gasteiger partial charge in [0.05, 0.1) is 24.6 Å². The number of carbonyl (C=O) groups excluding carboxylic acids is 1. The van der Waals surface area contributed by atoms with Gasteiger partial charge in [-0.05, 0) is 35.7 Å².